The molecule has 1 unspecified atom stereocenters. The van der Waals surface area contributed by atoms with Gasteiger partial charge >= 0.3 is 0 Å². The number of anilines is 1. The van der Waals surface area contributed by atoms with Gasteiger partial charge in [0.1, 0.15) is 5.82 Å². The first-order valence-electron chi connectivity index (χ1n) is 6.82. The first kappa shape index (κ1) is 14.6. The lowest BCUT2D eigenvalue weighted by molar-refractivity contribution is 0.255. The van der Waals surface area contributed by atoms with E-state index in [9.17, 15) is 9.50 Å². The Bertz CT molecular complexity index is 493. The van der Waals surface area contributed by atoms with E-state index in [1.807, 2.05) is 4.90 Å². The van der Waals surface area contributed by atoms with Gasteiger partial charge in [0.2, 0.25) is 0 Å². The van der Waals surface area contributed by atoms with E-state index in [2.05, 4.69) is 5.16 Å². The van der Waals surface area contributed by atoms with Crippen molar-refractivity contribution in [1.29, 1.82) is 0 Å². The zero-order valence-electron chi connectivity index (χ0n) is 11.3. The second kappa shape index (κ2) is 6.56. The maximum atomic E-state index is 13.4. The number of aliphatic hydroxyl groups is 1. The summed E-state index contributed by atoms with van der Waals surface area (Å²) in [7, 11) is 0. The van der Waals surface area contributed by atoms with E-state index >= 15 is 0 Å². The van der Waals surface area contributed by atoms with Crippen molar-refractivity contribution in [2.75, 3.05) is 18.1 Å². The molecule has 0 radical (unpaired) electrons. The van der Waals surface area contributed by atoms with Gasteiger partial charge in [-0.25, -0.2) is 4.39 Å². The van der Waals surface area contributed by atoms with E-state index in [1.165, 1.54) is 12.1 Å². The molecule has 0 spiro atoms. The molecule has 110 valence electrons. The maximum Gasteiger partial charge on any atom is 0.172 e. The van der Waals surface area contributed by atoms with Gasteiger partial charge in [-0.2, -0.15) is 0 Å². The molecule has 0 amide bonds. The summed E-state index contributed by atoms with van der Waals surface area (Å²) in [5.41, 5.74) is 6.69. The summed E-state index contributed by atoms with van der Waals surface area (Å²) in [6.07, 6.45) is 4.04. The Balaban J connectivity index is 2.43. The van der Waals surface area contributed by atoms with Crippen LogP contribution in [0.1, 0.15) is 31.2 Å². The van der Waals surface area contributed by atoms with E-state index in [0.29, 0.717) is 11.3 Å². The second-order valence-corrected chi connectivity index (χ2v) is 5.03. The standard InChI is InChI=1S/C14H20FN3O2/c15-10-5-6-13(12(8-10)14(16)17-20)18-7-3-1-2-4-11(18)9-19/h5-6,8,11,19-20H,1-4,7,9H2,(H2,16,17). The fraction of sp³-hybridized carbons (Fsp3) is 0.500. The number of hydrogen-bond donors (Lipinski definition) is 3. The van der Waals surface area contributed by atoms with Crippen LogP contribution in [0.4, 0.5) is 10.1 Å². The molecule has 4 N–H and O–H groups in total. The van der Waals surface area contributed by atoms with Crippen molar-refractivity contribution in [2.24, 2.45) is 10.9 Å². The van der Waals surface area contributed by atoms with Crippen LogP contribution in [0.25, 0.3) is 0 Å². The lowest BCUT2D eigenvalue weighted by Crippen LogP contribution is -2.39. The van der Waals surface area contributed by atoms with Gasteiger partial charge < -0.3 is 20.9 Å². The SMILES string of the molecule is N/C(=N/O)c1cc(F)ccc1N1CCCCCC1CO. The first-order valence-corrected chi connectivity index (χ1v) is 6.82. The van der Waals surface area contributed by atoms with Crippen LogP contribution in [0.15, 0.2) is 23.4 Å². The maximum absolute atomic E-state index is 13.4. The number of halogens is 1. The van der Waals surface area contributed by atoms with E-state index in [0.717, 1.165) is 32.2 Å². The van der Waals surface area contributed by atoms with Crippen molar-refractivity contribution >= 4 is 11.5 Å². The van der Waals surface area contributed by atoms with Gasteiger partial charge in [-0.05, 0) is 31.0 Å². The highest BCUT2D eigenvalue weighted by atomic mass is 19.1. The molecule has 1 aliphatic heterocycles. The van der Waals surface area contributed by atoms with Crippen LogP contribution in [-0.4, -0.2) is 35.3 Å². The summed E-state index contributed by atoms with van der Waals surface area (Å²) >= 11 is 0. The minimum Gasteiger partial charge on any atom is -0.409 e. The van der Waals surface area contributed by atoms with Crippen molar-refractivity contribution in [3.63, 3.8) is 0 Å². The monoisotopic (exact) mass is 281 g/mol. The third kappa shape index (κ3) is 3.01. The summed E-state index contributed by atoms with van der Waals surface area (Å²) in [5.74, 6) is -0.564. The predicted octanol–water partition coefficient (Wildman–Crippen LogP) is 1.66. The van der Waals surface area contributed by atoms with Crippen LogP contribution >= 0.6 is 0 Å². The van der Waals surface area contributed by atoms with E-state index < -0.39 is 5.82 Å². The van der Waals surface area contributed by atoms with Crippen LogP contribution in [0, 0.1) is 5.82 Å². The van der Waals surface area contributed by atoms with Gasteiger partial charge in [0.25, 0.3) is 0 Å². The normalized spacial score (nSPS) is 20.8. The Morgan fingerprint density at radius 1 is 1.40 bits per heavy atom. The number of nitrogens with zero attached hydrogens (tertiary/aromatic N) is 2. The topological polar surface area (TPSA) is 82.1 Å². The fourth-order valence-electron chi connectivity index (χ4n) is 2.70. The molecule has 1 aromatic rings. The number of benzene rings is 1. The number of hydrogen-bond acceptors (Lipinski definition) is 4. The Hall–Kier alpha value is -1.82. The van der Waals surface area contributed by atoms with Crippen LogP contribution in [-0.2, 0) is 0 Å². The second-order valence-electron chi connectivity index (χ2n) is 5.03. The molecular formula is C14H20FN3O2. The minimum absolute atomic E-state index is 0.0202. The number of aliphatic hydroxyl groups excluding tert-OH is 1. The Labute approximate surface area is 117 Å². The lowest BCUT2D eigenvalue weighted by Gasteiger charge is -2.32. The van der Waals surface area contributed by atoms with Crippen molar-refractivity contribution in [3.05, 3.63) is 29.6 Å². The summed E-state index contributed by atoms with van der Waals surface area (Å²) in [6.45, 7) is 0.801. The average molecular weight is 281 g/mol. The molecule has 2 rings (SSSR count). The van der Waals surface area contributed by atoms with Gasteiger partial charge in [-0.15, -0.1) is 0 Å². The van der Waals surface area contributed by atoms with E-state index in [-0.39, 0.29) is 18.5 Å². The molecule has 1 aromatic carbocycles. The molecule has 1 atom stereocenters. The largest absolute Gasteiger partial charge is 0.409 e. The minimum atomic E-state index is -0.439. The van der Waals surface area contributed by atoms with Gasteiger partial charge in [0.05, 0.1) is 12.6 Å². The van der Waals surface area contributed by atoms with Crippen LogP contribution in [0.2, 0.25) is 0 Å². The van der Waals surface area contributed by atoms with Crippen LogP contribution in [0.3, 0.4) is 0 Å². The summed E-state index contributed by atoms with van der Waals surface area (Å²) in [6, 6.07) is 4.21. The lowest BCUT2D eigenvalue weighted by atomic mass is 10.1. The molecule has 1 heterocycles. The van der Waals surface area contributed by atoms with Gasteiger partial charge in [-0.1, -0.05) is 18.0 Å². The highest BCUT2D eigenvalue weighted by Gasteiger charge is 2.23. The zero-order chi connectivity index (χ0) is 14.5. The highest BCUT2D eigenvalue weighted by molar-refractivity contribution is 6.02. The van der Waals surface area contributed by atoms with Crippen molar-refractivity contribution in [3.8, 4) is 0 Å². The Morgan fingerprint density at radius 2 is 2.20 bits per heavy atom. The highest BCUT2D eigenvalue weighted by Crippen LogP contribution is 2.28. The van der Waals surface area contributed by atoms with Crippen molar-refractivity contribution < 1.29 is 14.7 Å². The molecule has 1 saturated heterocycles. The van der Waals surface area contributed by atoms with Crippen LogP contribution < -0.4 is 10.6 Å². The van der Waals surface area contributed by atoms with Crippen molar-refractivity contribution in [1.82, 2.24) is 0 Å². The zero-order valence-corrected chi connectivity index (χ0v) is 11.3. The molecular weight excluding hydrogens is 261 g/mol. The molecule has 0 bridgehead atoms. The third-order valence-electron chi connectivity index (χ3n) is 3.74. The molecule has 6 heteroatoms. The number of oxime groups is 1. The predicted molar refractivity (Wildman–Crippen MR) is 75.6 cm³/mol. The Morgan fingerprint density at radius 3 is 2.90 bits per heavy atom. The third-order valence-corrected chi connectivity index (χ3v) is 3.74. The summed E-state index contributed by atoms with van der Waals surface area (Å²) in [4.78, 5) is 2.03. The number of rotatable bonds is 3. The smallest absolute Gasteiger partial charge is 0.172 e. The molecule has 1 aliphatic rings. The molecule has 1 fully saturated rings. The average Bonchev–Trinajstić information content (AvgIpc) is 2.71. The van der Waals surface area contributed by atoms with Gasteiger partial charge in [0, 0.05) is 17.8 Å². The number of amidine groups is 1. The molecule has 0 aromatic heterocycles. The van der Waals surface area contributed by atoms with E-state index in [1.54, 1.807) is 6.07 Å². The fourth-order valence-corrected chi connectivity index (χ4v) is 2.70. The molecule has 0 aliphatic carbocycles. The summed E-state index contributed by atoms with van der Waals surface area (Å²) < 4.78 is 13.4. The molecule has 0 saturated carbocycles. The van der Waals surface area contributed by atoms with Gasteiger partial charge in [0.15, 0.2) is 5.84 Å². The van der Waals surface area contributed by atoms with E-state index in [4.69, 9.17) is 10.9 Å². The van der Waals surface area contributed by atoms with Gasteiger partial charge in [-0.3, -0.25) is 0 Å². The van der Waals surface area contributed by atoms with Crippen molar-refractivity contribution in [2.45, 2.75) is 31.7 Å². The first-order chi connectivity index (χ1) is 9.67. The Kier molecular flexibility index (Phi) is 4.79. The number of nitrogens with two attached hydrogens (primary N) is 1. The summed E-state index contributed by atoms with van der Waals surface area (Å²) in [5, 5.41) is 21.4. The molecule has 5 nitrogen and oxygen atoms in total. The van der Waals surface area contributed by atoms with Crippen LogP contribution in [0.5, 0.6) is 0 Å². The quantitative estimate of drug-likeness (QED) is 0.340. The molecule has 20 heavy (non-hydrogen) atoms.